The third kappa shape index (κ3) is 5.30. The van der Waals surface area contributed by atoms with Crippen LogP contribution in [-0.4, -0.2) is 31.7 Å². The van der Waals surface area contributed by atoms with Crippen LogP contribution in [0.25, 0.3) is 0 Å². The summed E-state index contributed by atoms with van der Waals surface area (Å²) < 4.78 is 27.0. The van der Waals surface area contributed by atoms with E-state index in [1.54, 1.807) is 24.3 Å². The first-order valence-corrected chi connectivity index (χ1v) is 12.9. The zero-order valence-electron chi connectivity index (χ0n) is 17.8. The third-order valence-electron chi connectivity index (χ3n) is 6.46. The van der Waals surface area contributed by atoms with Crippen LogP contribution >= 0.6 is 11.6 Å². The SMILES string of the molecule is C[C@@H](NC(=O)C1CCN(S(=O)(=O)Cc2ccc(Cl)cc2)CC1)c1ccc2c(c1)CCC2. The molecule has 166 valence electrons. The van der Waals surface area contributed by atoms with Gasteiger partial charge < -0.3 is 5.32 Å². The number of amides is 1. The van der Waals surface area contributed by atoms with E-state index in [1.807, 2.05) is 6.92 Å². The molecule has 1 aliphatic heterocycles. The number of benzene rings is 2. The van der Waals surface area contributed by atoms with Crippen molar-refractivity contribution in [2.45, 2.75) is 50.8 Å². The van der Waals surface area contributed by atoms with E-state index in [9.17, 15) is 13.2 Å². The van der Waals surface area contributed by atoms with Gasteiger partial charge in [-0.05, 0) is 73.4 Å². The fourth-order valence-corrected chi connectivity index (χ4v) is 6.24. The molecular formula is C24H29ClN2O3S. The first-order valence-electron chi connectivity index (χ1n) is 11.0. The number of aryl methyl sites for hydroxylation is 2. The molecule has 1 heterocycles. The molecule has 2 aromatic carbocycles. The lowest BCUT2D eigenvalue weighted by atomic mass is 9.96. The van der Waals surface area contributed by atoms with Crippen LogP contribution < -0.4 is 5.32 Å². The van der Waals surface area contributed by atoms with Gasteiger partial charge in [0.05, 0.1) is 11.8 Å². The summed E-state index contributed by atoms with van der Waals surface area (Å²) in [7, 11) is -3.41. The van der Waals surface area contributed by atoms with Crippen molar-refractivity contribution in [3.63, 3.8) is 0 Å². The first kappa shape index (κ1) is 22.3. The highest BCUT2D eigenvalue weighted by molar-refractivity contribution is 7.88. The largest absolute Gasteiger partial charge is 0.349 e. The van der Waals surface area contributed by atoms with E-state index in [0.717, 1.165) is 18.4 Å². The average Bonchev–Trinajstić information content (AvgIpc) is 3.23. The fourth-order valence-electron chi connectivity index (χ4n) is 4.55. The molecule has 2 aromatic rings. The number of nitrogens with zero attached hydrogens (tertiary/aromatic N) is 1. The van der Waals surface area contributed by atoms with E-state index >= 15 is 0 Å². The van der Waals surface area contributed by atoms with Gasteiger partial charge in [-0.1, -0.05) is 41.9 Å². The zero-order valence-corrected chi connectivity index (χ0v) is 19.4. The second-order valence-corrected chi connectivity index (χ2v) is 11.1. The van der Waals surface area contributed by atoms with Gasteiger partial charge in [-0.25, -0.2) is 12.7 Å². The molecule has 0 aromatic heterocycles. The van der Waals surface area contributed by atoms with Crippen molar-refractivity contribution in [2.24, 2.45) is 5.92 Å². The van der Waals surface area contributed by atoms with E-state index in [4.69, 9.17) is 11.6 Å². The van der Waals surface area contributed by atoms with Crippen LogP contribution in [0.15, 0.2) is 42.5 Å². The number of carbonyl (C=O) groups is 1. The third-order valence-corrected chi connectivity index (χ3v) is 8.56. The summed E-state index contributed by atoms with van der Waals surface area (Å²) in [5.74, 6) is -0.183. The maximum atomic E-state index is 12.8. The Kier molecular flexibility index (Phi) is 6.70. The van der Waals surface area contributed by atoms with Crippen molar-refractivity contribution < 1.29 is 13.2 Å². The maximum absolute atomic E-state index is 12.8. The summed E-state index contributed by atoms with van der Waals surface area (Å²) in [6, 6.07) is 13.3. The van der Waals surface area contributed by atoms with E-state index in [0.29, 0.717) is 36.5 Å². The first-order chi connectivity index (χ1) is 14.8. The minimum absolute atomic E-state index is 0.0164. The standard InChI is InChI=1S/C24H29ClN2O3S/c1-17(21-8-7-19-3-2-4-22(19)15-21)26-24(28)20-11-13-27(14-12-20)31(29,30)16-18-5-9-23(25)10-6-18/h5-10,15,17,20H,2-4,11-14,16H2,1H3,(H,26,28)/t17-/m1/s1. The van der Waals surface area contributed by atoms with Crippen LogP contribution in [-0.2, 0) is 33.4 Å². The molecule has 0 radical (unpaired) electrons. The van der Waals surface area contributed by atoms with Gasteiger partial charge in [0.2, 0.25) is 15.9 Å². The van der Waals surface area contributed by atoms with Gasteiger partial charge in [-0.15, -0.1) is 0 Å². The number of hydrogen-bond donors (Lipinski definition) is 1. The Morgan fingerprint density at radius 3 is 2.48 bits per heavy atom. The second kappa shape index (κ2) is 9.31. The van der Waals surface area contributed by atoms with Crippen molar-refractivity contribution in [2.75, 3.05) is 13.1 Å². The van der Waals surface area contributed by atoms with Crippen molar-refractivity contribution in [3.8, 4) is 0 Å². The molecule has 4 rings (SSSR count). The van der Waals surface area contributed by atoms with Gasteiger partial charge in [-0.3, -0.25) is 4.79 Å². The lowest BCUT2D eigenvalue weighted by molar-refractivity contribution is -0.126. The molecule has 0 unspecified atom stereocenters. The Bertz CT molecular complexity index is 1040. The van der Waals surface area contributed by atoms with Gasteiger partial charge in [0.15, 0.2) is 0 Å². The summed E-state index contributed by atoms with van der Waals surface area (Å²) in [5.41, 5.74) is 4.68. The van der Waals surface area contributed by atoms with Gasteiger partial charge in [0.1, 0.15) is 0 Å². The number of fused-ring (bicyclic) bond motifs is 1. The topological polar surface area (TPSA) is 66.5 Å². The second-order valence-electron chi connectivity index (χ2n) is 8.67. The maximum Gasteiger partial charge on any atom is 0.223 e. The molecule has 1 atom stereocenters. The Morgan fingerprint density at radius 1 is 1.10 bits per heavy atom. The number of nitrogens with one attached hydrogen (secondary N) is 1. The van der Waals surface area contributed by atoms with Gasteiger partial charge in [0.25, 0.3) is 0 Å². The van der Waals surface area contributed by atoms with Crippen molar-refractivity contribution in [1.29, 1.82) is 0 Å². The molecule has 1 N–H and O–H groups in total. The van der Waals surface area contributed by atoms with Crippen molar-refractivity contribution in [1.82, 2.24) is 9.62 Å². The Morgan fingerprint density at radius 2 is 1.77 bits per heavy atom. The van der Waals surface area contributed by atoms with Crippen LogP contribution in [0, 0.1) is 5.92 Å². The number of carbonyl (C=O) groups excluding carboxylic acids is 1. The molecule has 7 heteroatoms. The summed E-state index contributed by atoms with van der Waals surface area (Å²) in [5, 5.41) is 3.72. The van der Waals surface area contributed by atoms with Crippen LogP contribution in [0.4, 0.5) is 0 Å². The number of sulfonamides is 1. The fraction of sp³-hybridized carbons (Fsp3) is 0.458. The Balaban J connectivity index is 1.30. The summed E-state index contributed by atoms with van der Waals surface area (Å²) in [4.78, 5) is 12.8. The Labute approximate surface area is 189 Å². The lowest BCUT2D eigenvalue weighted by Gasteiger charge is -2.31. The van der Waals surface area contributed by atoms with Crippen LogP contribution in [0.5, 0.6) is 0 Å². The molecule has 1 aliphatic carbocycles. The molecule has 0 spiro atoms. The molecule has 1 fully saturated rings. The Hall–Kier alpha value is -1.89. The van der Waals surface area contributed by atoms with Crippen molar-refractivity contribution >= 4 is 27.5 Å². The summed E-state index contributed by atoms with van der Waals surface area (Å²) in [6.07, 6.45) is 4.56. The van der Waals surface area contributed by atoms with E-state index in [-0.39, 0.29) is 23.6 Å². The molecule has 0 bridgehead atoms. The predicted octanol–water partition coefficient (Wildman–Crippen LogP) is 4.25. The van der Waals surface area contributed by atoms with Gasteiger partial charge >= 0.3 is 0 Å². The highest BCUT2D eigenvalue weighted by Crippen LogP contribution is 2.27. The van der Waals surface area contributed by atoms with Crippen LogP contribution in [0.1, 0.15) is 54.5 Å². The minimum Gasteiger partial charge on any atom is -0.349 e. The molecule has 31 heavy (non-hydrogen) atoms. The lowest BCUT2D eigenvalue weighted by Crippen LogP contribution is -2.43. The number of halogens is 1. The predicted molar refractivity (Wildman–Crippen MR) is 123 cm³/mol. The smallest absolute Gasteiger partial charge is 0.223 e. The summed E-state index contributed by atoms with van der Waals surface area (Å²) >= 11 is 5.88. The number of hydrogen-bond acceptors (Lipinski definition) is 3. The molecule has 1 saturated heterocycles. The quantitative estimate of drug-likeness (QED) is 0.700. The monoisotopic (exact) mass is 460 g/mol. The molecule has 1 amide bonds. The molecule has 0 saturated carbocycles. The highest BCUT2D eigenvalue weighted by Gasteiger charge is 2.31. The molecular weight excluding hydrogens is 432 g/mol. The number of rotatable bonds is 6. The van der Waals surface area contributed by atoms with Gasteiger partial charge in [-0.2, -0.15) is 0 Å². The van der Waals surface area contributed by atoms with E-state index < -0.39 is 10.0 Å². The number of piperidine rings is 1. The molecule has 5 nitrogen and oxygen atoms in total. The minimum atomic E-state index is -3.41. The zero-order chi connectivity index (χ0) is 22.0. The average molecular weight is 461 g/mol. The van der Waals surface area contributed by atoms with E-state index in [2.05, 4.69) is 23.5 Å². The van der Waals surface area contributed by atoms with E-state index in [1.165, 1.54) is 21.9 Å². The summed E-state index contributed by atoms with van der Waals surface area (Å²) in [6.45, 7) is 2.77. The van der Waals surface area contributed by atoms with Crippen LogP contribution in [0.2, 0.25) is 5.02 Å². The normalized spacial score (nSPS) is 18.5. The molecule has 2 aliphatic rings. The van der Waals surface area contributed by atoms with Gasteiger partial charge in [0, 0.05) is 24.0 Å². The van der Waals surface area contributed by atoms with Crippen LogP contribution in [0.3, 0.4) is 0 Å². The highest BCUT2D eigenvalue weighted by atomic mass is 35.5. The van der Waals surface area contributed by atoms with Crippen molar-refractivity contribution in [3.05, 3.63) is 69.7 Å².